The molecule has 1 N–H and O–H groups in total. The highest BCUT2D eigenvalue weighted by Gasteiger charge is 2.51. The molecule has 1 amide bonds. The molecule has 0 aliphatic carbocycles. The summed E-state index contributed by atoms with van der Waals surface area (Å²) in [5.74, 6) is -7.54. The maximum atomic E-state index is 15.2. The first-order valence-corrected chi connectivity index (χ1v) is 13.7. The van der Waals surface area contributed by atoms with Gasteiger partial charge in [-0.3, -0.25) is 5.32 Å². The number of nitrogens with zero attached hydrogens (tertiary/aromatic N) is 6. The normalized spacial score (nSPS) is 16.6. The minimum Gasteiger partial charge on any atom is -0.471 e. The number of amides is 1. The number of hydrogen-bond acceptors (Lipinski definition) is 9. The molecule has 0 radical (unpaired) electrons. The number of carbonyl (C=O) groups is 1. The molecule has 1 fully saturated rings. The van der Waals surface area contributed by atoms with Crippen LogP contribution in [0.15, 0.2) is 36.8 Å². The molecule has 1 atom stereocenters. The lowest BCUT2D eigenvalue weighted by atomic mass is 10.1. The van der Waals surface area contributed by atoms with Crippen molar-refractivity contribution < 1.29 is 41.0 Å². The molecule has 16 heteroatoms. The number of alkyl halides is 2. The van der Waals surface area contributed by atoms with E-state index in [1.54, 1.807) is 5.32 Å². The minimum atomic E-state index is -3.58. The smallest absolute Gasteiger partial charge is 0.412 e. The van der Waals surface area contributed by atoms with Crippen molar-refractivity contribution in [2.45, 2.75) is 64.8 Å². The van der Waals surface area contributed by atoms with Crippen molar-refractivity contribution in [3.05, 3.63) is 54.2 Å². The lowest BCUT2D eigenvalue weighted by molar-refractivity contribution is -0.0735. The topological polar surface area (TPSA) is 116 Å². The van der Waals surface area contributed by atoms with Crippen LogP contribution in [0.1, 0.15) is 41.5 Å². The predicted octanol–water partition coefficient (Wildman–Crippen LogP) is 6.03. The number of ether oxygens (including phenoxy) is 3. The number of anilines is 2. The number of hydrogen-bond donors (Lipinski definition) is 1. The molecule has 0 spiro atoms. The largest absolute Gasteiger partial charge is 0.471 e. The van der Waals surface area contributed by atoms with Crippen LogP contribution in [0.4, 0.5) is 38.1 Å². The minimum absolute atomic E-state index is 0.0623. The Hall–Kier alpha value is -4.76. The monoisotopic (exact) mass is 635 g/mol. The average Bonchev–Trinajstić information content (AvgIpc) is 3.47. The van der Waals surface area contributed by atoms with E-state index < -0.39 is 65.6 Å². The number of imidazole rings is 1. The van der Waals surface area contributed by atoms with Gasteiger partial charge in [0.05, 0.1) is 24.3 Å². The summed E-state index contributed by atoms with van der Waals surface area (Å²) >= 11 is 0. The van der Waals surface area contributed by atoms with E-state index in [-0.39, 0.29) is 28.9 Å². The molecule has 11 nitrogen and oxygen atoms in total. The molecular formula is C29H30F5N7O4. The van der Waals surface area contributed by atoms with E-state index in [2.05, 4.69) is 20.1 Å². The molecule has 45 heavy (non-hydrogen) atoms. The van der Waals surface area contributed by atoms with Gasteiger partial charge in [0.1, 0.15) is 28.4 Å². The van der Waals surface area contributed by atoms with Gasteiger partial charge in [0, 0.05) is 30.7 Å². The van der Waals surface area contributed by atoms with E-state index in [1.807, 2.05) is 41.5 Å². The highest BCUT2D eigenvalue weighted by atomic mass is 19.3. The maximum Gasteiger partial charge on any atom is 0.412 e. The number of halogens is 5. The molecule has 0 bridgehead atoms. The van der Waals surface area contributed by atoms with Crippen LogP contribution in [-0.2, 0) is 4.74 Å². The van der Waals surface area contributed by atoms with Gasteiger partial charge in [-0.15, -0.1) is 0 Å². The fourth-order valence-electron chi connectivity index (χ4n) is 4.47. The molecule has 1 aliphatic heterocycles. The van der Waals surface area contributed by atoms with Gasteiger partial charge in [0.15, 0.2) is 23.4 Å². The first kappa shape index (κ1) is 31.7. The van der Waals surface area contributed by atoms with Gasteiger partial charge in [-0.05, 0) is 47.6 Å². The van der Waals surface area contributed by atoms with E-state index >= 15 is 8.78 Å². The number of aromatic nitrogens is 5. The van der Waals surface area contributed by atoms with E-state index in [0.717, 1.165) is 0 Å². The summed E-state index contributed by atoms with van der Waals surface area (Å²) in [6.07, 6.45) is 0.831. The SMILES string of the molecule is CC(C)(C)Oc1ncc(-c2cc(N3CC(OC(=O)Nc4c(F)cc(F)cc4F)C(F)(F)C3)c3nccn3n2)c(OC(C)(C)C)n1. The Balaban J connectivity index is 1.46. The Bertz CT molecular complexity index is 1730. The number of rotatable bonds is 6. The standard InChI is InChI=1S/C29H30F5N7O4/c1-27(2,3)44-24-16(12-36-25(38-24)45-28(4,5)6)19-11-20(23-35-7-8-41(23)39-19)40-13-21(29(33,34)14-40)43-26(42)37-22-17(31)9-15(30)10-18(22)32/h7-12,21H,13-14H2,1-6H3,(H,37,42). The summed E-state index contributed by atoms with van der Waals surface area (Å²) in [7, 11) is 0. The third-order valence-corrected chi connectivity index (χ3v) is 6.23. The summed E-state index contributed by atoms with van der Waals surface area (Å²) in [6, 6.07) is 2.22. The summed E-state index contributed by atoms with van der Waals surface area (Å²) in [5.41, 5.74) is -1.29. The first-order valence-electron chi connectivity index (χ1n) is 13.7. The van der Waals surface area contributed by atoms with E-state index in [0.29, 0.717) is 17.7 Å². The summed E-state index contributed by atoms with van der Waals surface area (Å²) < 4.78 is 89.7. The van der Waals surface area contributed by atoms with Gasteiger partial charge in [0.2, 0.25) is 5.88 Å². The zero-order valence-corrected chi connectivity index (χ0v) is 25.2. The summed E-state index contributed by atoms with van der Waals surface area (Å²) in [6.45, 7) is 9.56. The maximum absolute atomic E-state index is 15.2. The van der Waals surface area contributed by atoms with Crippen LogP contribution in [0.25, 0.3) is 16.9 Å². The highest BCUT2D eigenvalue weighted by molar-refractivity contribution is 5.85. The second-order valence-corrected chi connectivity index (χ2v) is 12.3. The van der Waals surface area contributed by atoms with E-state index in [9.17, 15) is 18.0 Å². The Morgan fingerprint density at radius 1 is 1.00 bits per heavy atom. The molecule has 1 aliphatic rings. The van der Waals surface area contributed by atoms with Crippen molar-refractivity contribution in [2.75, 3.05) is 23.3 Å². The van der Waals surface area contributed by atoms with Crippen LogP contribution >= 0.6 is 0 Å². The number of fused-ring (bicyclic) bond motifs is 1. The quantitative estimate of drug-likeness (QED) is 0.254. The van der Waals surface area contributed by atoms with Gasteiger partial charge >= 0.3 is 18.0 Å². The molecule has 3 aromatic heterocycles. The van der Waals surface area contributed by atoms with Gasteiger partial charge in [-0.2, -0.15) is 10.1 Å². The van der Waals surface area contributed by atoms with Gasteiger partial charge < -0.3 is 19.1 Å². The van der Waals surface area contributed by atoms with Gasteiger partial charge in [0.25, 0.3) is 0 Å². The Morgan fingerprint density at radius 2 is 1.67 bits per heavy atom. The number of benzene rings is 1. The van der Waals surface area contributed by atoms with Crippen LogP contribution in [0.3, 0.4) is 0 Å². The molecule has 240 valence electrons. The summed E-state index contributed by atoms with van der Waals surface area (Å²) in [4.78, 5) is 26.6. The molecule has 1 aromatic carbocycles. The molecule has 4 heterocycles. The van der Waals surface area contributed by atoms with Crippen molar-refractivity contribution in [2.24, 2.45) is 0 Å². The van der Waals surface area contributed by atoms with Crippen LogP contribution in [0.5, 0.6) is 11.9 Å². The third kappa shape index (κ3) is 7.15. The van der Waals surface area contributed by atoms with Gasteiger partial charge in [-0.1, -0.05) is 0 Å². The zero-order valence-electron chi connectivity index (χ0n) is 25.2. The highest BCUT2D eigenvalue weighted by Crippen LogP contribution is 2.38. The zero-order chi connectivity index (χ0) is 32.9. The van der Waals surface area contributed by atoms with Crippen LogP contribution in [0, 0.1) is 17.5 Å². The average molecular weight is 636 g/mol. The molecule has 1 saturated heterocycles. The summed E-state index contributed by atoms with van der Waals surface area (Å²) in [5, 5.41) is 6.28. The van der Waals surface area contributed by atoms with Crippen LogP contribution in [-0.4, -0.2) is 67.0 Å². The Labute approximate surface area is 254 Å². The van der Waals surface area contributed by atoms with Crippen LogP contribution < -0.4 is 19.7 Å². The first-order chi connectivity index (χ1) is 20.9. The van der Waals surface area contributed by atoms with Crippen molar-refractivity contribution in [1.82, 2.24) is 24.6 Å². The number of nitrogens with one attached hydrogen (secondary N) is 1. The molecule has 4 aromatic rings. The third-order valence-electron chi connectivity index (χ3n) is 6.23. The number of carbonyl (C=O) groups excluding carboxylic acids is 1. The lowest BCUT2D eigenvalue weighted by Gasteiger charge is -2.24. The Morgan fingerprint density at radius 3 is 2.31 bits per heavy atom. The molecule has 0 saturated carbocycles. The van der Waals surface area contributed by atoms with Crippen molar-refractivity contribution in [3.63, 3.8) is 0 Å². The van der Waals surface area contributed by atoms with Gasteiger partial charge in [-0.25, -0.2) is 41.2 Å². The second-order valence-electron chi connectivity index (χ2n) is 12.3. The van der Waals surface area contributed by atoms with E-state index in [1.165, 1.54) is 34.1 Å². The lowest BCUT2D eigenvalue weighted by Crippen LogP contribution is -2.37. The fourth-order valence-corrected chi connectivity index (χ4v) is 4.47. The van der Waals surface area contributed by atoms with Crippen molar-refractivity contribution in [1.29, 1.82) is 0 Å². The Kier molecular flexibility index (Phi) is 7.95. The van der Waals surface area contributed by atoms with Crippen molar-refractivity contribution in [3.8, 4) is 23.1 Å². The second kappa shape index (κ2) is 11.3. The molecular weight excluding hydrogens is 605 g/mol. The van der Waals surface area contributed by atoms with E-state index in [4.69, 9.17) is 14.2 Å². The predicted molar refractivity (Wildman–Crippen MR) is 152 cm³/mol. The molecule has 1 unspecified atom stereocenters. The van der Waals surface area contributed by atoms with Crippen molar-refractivity contribution >= 4 is 23.1 Å². The molecule has 5 rings (SSSR count). The fraction of sp³-hybridized carbons (Fsp3) is 0.414. The van der Waals surface area contributed by atoms with Crippen LogP contribution in [0.2, 0.25) is 0 Å².